The lowest BCUT2D eigenvalue weighted by Gasteiger charge is -2.21. The van der Waals surface area contributed by atoms with E-state index < -0.39 is 17.7 Å². The van der Waals surface area contributed by atoms with E-state index in [1.165, 1.54) is 0 Å². The Hall–Kier alpha value is -1.92. The first kappa shape index (κ1) is 21.9. The Morgan fingerprint density at radius 2 is 1.97 bits per heavy atom. The van der Waals surface area contributed by atoms with Crippen molar-refractivity contribution in [3.63, 3.8) is 0 Å². The molecule has 1 saturated heterocycles. The van der Waals surface area contributed by atoms with Gasteiger partial charge >= 0.3 is 0 Å². The third-order valence-corrected chi connectivity index (χ3v) is 7.75. The topological polar surface area (TPSA) is 126 Å². The predicted octanol–water partition coefficient (Wildman–Crippen LogP) is 1.56. The molecule has 4 N–H and O–H groups in total. The molecule has 11 heteroatoms. The normalized spacial score (nSPS) is 27.3. The van der Waals surface area contributed by atoms with E-state index in [0.29, 0.717) is 36.4 Å². The second kappa shape index (κ2) is 9.14. The van der Waals surface area contributed by atoms with Crippen LogP contribution in [-0.2, 0) is 18.1 Å². The van der Waals surface area contributed by atoms with Crippen LogP contribution < -0.4 is 15.4 Å². The van der Waals surface area contributed by atoms with Crippen LogP contribution in [0.3, 0.4) is 0 Å². The monoisotopic (exact) mass is 460 g/mol. The molecule has 10 nitrogen and oxygen atoms in total. The zero-order valence-corrected chi connectivity index (χ0v) is 19.4. The predicted molar refractivity (Wildman–Crippen MR) is 123 cm³/mol. The van der Waals surface area contributed by atoms with Crippen LogP contribution in [0.25, 0.3) is 0 Å². The van der Waals surface area contributed by atoms with Crippen LogP contribution >= 0.6 is 0 Å². The van der Waals surface area contributed by atoms with Crippen molar-refractivity contribution in [3.05, 3.63) is 24.2 Å². The van der Waals surface area contributed by atoms with Gasteiger partial charge in [0.25, 0.3) is 0 Å². The lowest BCUT2D eigenvalue weighted by Crippen LogP contribution is -2.41. The molecule has 32 heavy (non-hydrogen) atoms. The first-order chi connectivity index (χ1) is 15.4. The van der Waals surface area contributed by atoms with Crippen molar-refractivity contribution in [2.45, 2.75) is 64.3 Å². The molecular weight excluding hydrogens is 428 g/mol. The number of aryl methyl sites for hydroxylation is 1. The summed E-state index contributed by atoms with van der Waals surface area (Å²) >= 11 is -1.04. The number of aliphatic hydroxyl groups excluding tert-OH is 1. The van der Waals surface area contributed by atoms with Crippen LogP contribution in [0, 0.1) is 18.8 Å². The number of hydrogen-bond donors (Lipinski definition) is 4. The molecule has 174 valence electrons. The van der Waals surface area contributed by atoms with Crippen LogP contribution in [0.2, 0.25) is 0 Å². The molecule has 3 heterocycles. The van der Waals surface area contributed by atoms with Gasteiger partial charge in [-0.25, -0.2) is 4.98 Å². The number of aliphatic hydroxyl groups is 1. The Balaban J connectivity index is 1.16. The number of anilines is 3. The summed E-state index contributed by atoms with van der Waals surface area (Å²) in [6, 6.07) is 0.828. The molecule has 2 aromatic rings. The van der Waals surface area contributed by atoms with Crippen molar-refractivity contribution in [1.82, 2.24) is 28.8 Å². The van der Waals surface area contributed by atoms with E-state index in [0.717, 1.165) is 55.8 Å². The highest BCUT2D eigenvalue weighted by molar-refractivity contribution is 7.87. The van der Waals surface area contributed by atoms with E-state index in [2.05, 4.69) is 34.7 Å². The highest BCUT2D eigenvalue weighted by Gasteiger charge is 2.46. The third-order valence-electron chi connectivity index (χ3n) is 6.45. The minimum atomic E-state index is -1.04. The highest BCUT2D eigenvalue weighted by Crippen LogP contribution is 2.40. The van der Waals surface area contributed by atoms with E-state index in [4.69, 9.17) is 0 Å². The lowest BCUT2D eigenvalue weighted by molar-refractivity contribution is 0.168. The molecule has 0 aromatic carbocycles. The average molecular weight is 461 g/mol. The molecule has 0 radical (unpaired) electrons. The van der Waals surface area contributed by atoms with Gasteiger partial charge in [-0.15, -0.1) is 9.03 Å². The Kier molecular flexibility index (Phi) is 6.26. The summed E-state index contributed by atoms with van der Waals surface area (Å²) in [5.41, 5.74) is 1.79. The molecule has 2 aromatic heterocycles. The van der Waals surface area contributed by atoms with E-state index >= 15 is 0 Å². The van der Waals surface area contributed by atoms with Gasteiger partial charge in [-0.05, 0) is 51.4 Å². The molecule has 3 fully saturated rings. The molecule has 2 saturated carbocycles. The Labute approximate surface area is 191 Å². The van der Waals surface area contributed by atoms with E-state index in [9.17, 15) is 9.66 Å². The molecule has 4 unspecified atom stereocenters. The van der Waals surface area contributed by atoms with Gasteiger partial charge in [0.05, 0.1) is 30.6 Å². The summed E-state index contributed by atoms with van der Waals surface area (Å²) < 4.78 is 19.5. The SMILES string of the molecule is Cc1cnc(Nc2cnn(CC(C)O)c2)nc1NC1CC2CN([S+]([O-])NC3CC3)CC2C1. The minimum Gasteiger partial charge on any atom is -0.579 e. The number of nitrogens with zero attached hydrogens (tertiary/aromatic N) is 5. The van der Waals surface area contributed by atoms with Crippen LogP contribution in [0.5, 0.6) is 0 Å². The van der Waals surface area contributed by atoms with Crippen molar-refractivity contribution in [2.75, 3.05) is 23.7 Å². The zero-order chi connectivity index (χ0) is 22.2. The van der Waals surface area contributed by atoms with Gasteiger partial charge < -0.3 is 20.3 Å². The number of fused-ring (bicyclic) bond motifs is 1. The molecule has 4 atom stereocenters. The van der Waals surface area contributed by atoms with Gasteiger partial charge in [0, 0.05) is 37.1 Å². The van der Waals surface area contributed by atoms with Crippen LogP contribution in [0.15, 0.2) is 18.6 Å². The first-order valence-corrected chi connectivity index (χ1v) is 12.5. The Morgan fingerprint density at radius 3 is 2.66 bits per heavy atom. The molecule has 2 aliphatic carbocycles. The largest absolute Gasteiger partial charge is 0.579 e. The van der Waals surface area contributed by atoms with Crippen molar-refractivity contribution < 1.29 is 9.66 Å². The van der Waals surface area contributed by atoms with Crippen molar-refractivity contribution >= 4 is 29.0 Å². The van der Waals surface area contributed by atoms with Gasteiger partial charge in [0.15, 0.2) is 0 Å². The van der Waals surface area contributed by atoms with E-state index in [1.54, 1.807) is 17.8 Å². The fourth-order valence-corrected chi connectivity index (χ4v) is 6.02. The van der Waals surface area contributed by atoms with Gasteiger partial charge in [-0.3, -0.25) is 4.68 Å². The maximum absolute atomic E-state index is 12.5. The molecule has 0 amide bonds. The van der Waals surface area contributed by atoms with Crippen LogP contribution in [0.4, 0.5) is 17.5 Å². The summed E-state index contributed by atoms with van der Waals surface area (Å²) in [6.07, 6.45) is 9.33. The molecule has 1 aliphatic heterocycles. The zero-order valence-electron chi connectivity index (χ0n) is 18.6. The van der Waals surface area contributed by atoms with Crippen LogP contribution in [0.1, 0.15) is 38.2 Å². The number of aromatic nitrogens is 4. The van der Waals surface area contributed by atoms with Crippen molar-refractivity contribution in [2.24, 2.45) is 11.8 Å². The fourth-order valence-electron chi connectivity index (χ4n) is 4.70. The van der Waals surface area contributed by atoms with E-state index in [1.807, 2.05) is 19.3 Å². The van der Waals surface area contributed by atoms with Crippen molar-refractivity contribution in [1.29, 1.82) is 0 Å². The Morgan fingerprint density at radius 1 is 1.22 bits per heavy atom. The summed E-state index contributed by atoms with van der Waals surface area (Å²) in [7, 11) is 0. The smallest absolute Gasteiger partial charge is 0.229 e. The molecular formula is C21H32N8O2S. The van der Waals surface area contributed by atoms with Crippen molar-refractivity contribution in [3.8, 4) is 0 Å². The minimum absolute atomic E-state index is 0.368. The quantitative estimate of drug-likeness (QED) is 0.412. The maximum Gasteiger partial charge on any atom is 0.229 e. The fraction of sp³-hybridized carbons (Fsp3) is 0.667. The summed E-state index contributed by atoms with van der Waals surface area (Å²) in [5.74, 6) is 2.52. The summed E-state index contributed by atoms with van der Waals surface area (Å²) in [5, 5.41) is 20.6. The van der Waals surface area contributed by atoms with Crippen LogP contribution in [-0.4, -0.2) is 65.0 Å². The number of nitrogens with one attached hydrogen (secondary N) is 3. The molecule has 0 bridgehead atoms. The molecule has 5 rings (SSSR count). The van der Waals surface area contributed by atoms with Gasteiger partial charge in [-0.2, -0.15) is 10.1 Å². The molecule has 3 aliphatic rings. The van der Waals surface area contributed by atoms with Gasteiger partial charge in [0.2, 0.25) is 5.95 Å². The highest BCUT2D eigenvalue weighted by atomic mass is 32.2. The number of rotatable bonds is 9. The third kappa shape index (κ3) is 5.18. The van der Waals surface area contributed by atoms with E-state index in [-0.39, 0.29) is 0 Å². The standard InChI is InChI=1S/C21H32N8O2S/c1-13-7-22-21(25-19-8-23-28(12-19)9-14(2)30)26-20(13)24-18-5-15-10-29(11-16(15)6-18)32(31)27-17-3-4-17/h7-8,12,14-18,27,30H,3-6,9-11H2,1-2H3,(H2,22,24,25,26). The number of hydrogen-bond acceptors (Lipinski definition) is 9. The second-order valence-electron chi connectivity index (χ2n) is 9.47. The summed E-state index contributed by atoms with van der Waals surface area (Å²) in [6.45, 7) is 5.99. The van der Waals surface area contributed by atoms with Gasteiger partial charge in [0.1, 0.15) is 17.4 Å². The average Bonchev–Trinajstić information content (AvgIpc) is 3.11. The maximum atomic E-state index is 12.5. The summed E-state index contributed by atoms with van der Waals surface area (Å²) in [4.78, 5) is 9.09. The molecule has 0 spiro atoms. The van der Waals surface area contributed by atoms with Gasteiger partial charge in [-0.1, -0.05) is 0 Å². The lowest BCUT2D eigenvalue weighted by atomic mass is 10.0. The second-order valence-corrected chi connectivity index (χ2v) is 10.7. The Bertz CT molecular complexity index is 922. The first-order valence-electron chi connectivity index (χ1n) is 11.4.